The molecule has 0 heterocycles. The van der Waals surface area contributed by atoms with Crippen molar-refractivity contribution in [2.75, 3.05) is 0 Å². The van der Waals surface area contributed by atoms with Crippen molar-refractivity contribution in [3.05, 3.63) is 0 Å². The molecule has 0 rings (SSSR count). The van der Waals surface area contributed by atoms with Gasteiger partial charge in [-0.3, -0.25) is 0 Å². The van der Waals surface area contributed by atoms with E-state index in [9.17, 15) is 0 Å². The molecule has 0 N–H and O–H groups in total. The Morgan fingerprint density at radius 1 is 0.455 bits per heavy atom. The van der Waals surface area contributed by atoms with Gasteiger partial charge in [-0.1, -0.05) is 104 Å². The number of hydrogen-bond donors (Lipinski definition) is 0. The fourth-order valence-electron chi connectivity index (χ4n) is 3.03. The fourth-order valence-corrected chi connectivity index (χ4v) is 5.35. The van der Waals surface area contributed by atoms with Crippen LogP contribution in [0.5, 0.6) is 0 Å². The van der Waals surface area contributed by atoms with Gasteiger partial charge in [0.1, 0.15) is 0 Å². The molecule has 132 valence electrons. The third-order valence-electron chi connectivity index (χ3n) is 4.60. The average Bonchev–Trinajstić information content (AvgIpc) is 2.52. The molecule has 0 aromatic carbocycles. The van der Waals surface area contributed by atoms with Gasteiger partial charge in [0.05, 0.1) is 23.2 Å². The Morgan fingerprint density at radius 2 is 0.727 bits per heavy atom. The molecule has 0 atom stereocenters. The van der Waals surface area contributed by atoms with Gasteiger partial charge in [-0.25, -0.2) is 0 Å². The van der Waals surface area contributed by atoms with E-state index >= 15 is 0 Å². The summed E-state index contributed by atoms with van der Waals surface area (Å²) in [6, 6.07) is 2.69. The predicted octanol–water partition coefficient (Wildman–Crippen LogP) is 8.50. The molecule has 0 radical (unpaired) electrons. The molecule has 0 aromatic heterocycles. The zero-order valence-corrected chi connectivity index (χ0v) is 17.4. The first-order chi connectivity index (χ1) is 10.8. The highest BCUT2D eigenvalue weighted by atomic mass is 35.6. The summed E-state index contributed by atoms with van der Waals surface area (Å²) in [4.78, 5) is 0. The maximum absolute atomic E-state index is 6.55. The first kappa shape index (κ1) is 22.5. The van der Waals surface area contributed by atoms with Crippen LogP contribution >= 0.6 is 11.1 Å². The maximum atomic E-state index is 6.55. The van der Waals surface area contributed by atoms with Gasteiger partial charge in [0, 0.05) is 0 Å². The van der Waals surface area contributed by atoms with Crippen LogP contribution in [0.3, 0.4) is 0 Å². The Hall–Kier alpha value is 0.507. The summed E-state index contributed by atoms with van der Waals surface area (Å²) in [5.74, 6) is 0. The zero-order chi connectivity index (χ0) is 16.3. The highest BCUT2D eigenvalue weighted by molar-refractivity contribution is 7.06. The third kappa shape index (κ3) is 18.6. The molecule has 0 aliphatic rings. The number of unbranched alkanes of at least 4 members (excludes halogenated alkanes) is 14. The van der Waals surface area contributed by atoms with Crippen molar-refractivity contribution in [3.63, 3.8) is 0 Å². The van der Waals surface area contributed by atoms with E-state index in [2.05, 4.69) is 13.8 Å². The van der Waals surface area contributed by atoms with E-state index in [0.717, 1.165) is 0 Å². The first-order valence-corrected chi connectivity index (χ1v) is 13.2. The van der Waals surface area contributed by atoms with Crippen molar-refractivity contribution < 1.29 is 0 Å². The van der Waals surface area contributed by atoms with E-state index in [1.54, 1.807) is 0 Å². The van der Waals surface area contributed by atoms with Crippen molar-refractivity contribution in [1.29, 1.82) is 0 Å². The minimum absolute atomic E-state index is 0.519. The van der Waals surface area contributed by atoms with Crippen molar-refractivity contribution in [3.8, 4) is 0 Å². The van der Waals surface area contributed by atoms with Gasteiger partial charge in [0.15, 0.2) is 0 Å². The Kier molecular flexibility index (Phi) is 20.0. The van der Waals surface area contributed by atoms with Crippen LogP contribution in [0.1, 0.15) is 117 Å². The molecule has 0 fully saturated rings. The van der Waals surface area contributed by atoms with E-state index in [4.69, 9.17) is 11.1 Å². The highest BCUT2D eigenvalue weighted by Gasteiger charge is 2.22. The maximum Gasteiger partial charge on any atom is 0.431 e. The lowest BCUT2D eigenvalue weighted by Crippen LogP contribution is -2.02. The van der Waals surface area contributed by atoms with Crippen molar-refractivity contribution in [2.45, 2.75) is 129 Å². The van der Waals surface area contributed by atoms with E-state index < -0.39 is 8.11 Å². The molecular formula is C20H42ClSi+. The normalized spacial score (nSPS) is 11.0. The van der Waals surface area contributed by atoms with Crippen LogP contribution in [0.2, 0.25) is 12.1 Å². The number of hydrogen-bond acceptors (Lipinski definition) is 0. The van der Waals surface area contributed by atoms with Gasteiger partial charge in [0.2, 0.25) is 0 Å². The first-order valence-electron chi connectivity index (χ1n) is 10.3. The van der Waals surface area contributed by atoms with Gasteiger partial charge in [-0.2, -0.15) is 0 Å². The van der Waals surface area contributed by atoms with Crippen LogP contribution < -0.4 is 0 Å². The molecule has 0 spiro atoms. The van der Waals surface area contributed by atoms with Crippen LogP contribution in [-0.2, 0) is 0 Å². The summed E-state index contributed by atoms with van der Waals surface area (Å²) in [6.07, 6.45) is 22.7. The Labute approximate surface area is 148 Å². The molecular weight excluding hydrogens is 304 g/mol. The lowest BCUT2D eigenvalue weighted by Gasteiger charge is -2.01. The van der Waals surface area contributed by atoms with Crippen LogP contribution in [-0.4, -0.2) is 8.11 Å². The third-order valence-corrected chi connectivity index (χ3v) is 7.53. The molecule has 0 aliphatic carbocycles. The van der Waals surface area contributed by atoms with Crippen LogP contribution in [0, 0.1) is 0 Å². The van der Waals surface area contributed by atoms with Crippen LogP contribution in [0.4, 0.5) is 0 Å². The lowest BCUT2D eigenvalue weighted by molar-refractivity contribution is 0.581. The SMILES string of the molecule is CCCCCCCCCC[Si+](Cl)CCCCCCCCCC. The summed E-state index contributed by atoms with van der Waals surface area (Å²) < 4.78 is 0. The second kappa shape index (κ2) is 19.6. The minimum atomic E-state index is -0.519. The monoisotopic (exact) mass is 345 g/mol. The largest absolute Gasteiger partial charge is 0.431 e. The molecule has 0 saturated heterocycles. The van der Waals surface area contributed by atoms with E-state index in [1.165, 1.54) is 115 Å². The molecule has 0 nitrogen and oxygen atoms in total. The van der Waals surface area contributed by atoms with Gasteiger partial charge < -0.3 is 0 Å². The number of rotatable bonds is 18. The summed E-state index contributed by atoms with van der Waals surface area (Å²) in [5.41, 5.74) is 0. The molecule has 0 aliphatic heterocycles. The second-order valence-electron chi connectivity index (χ2n) is 6.97. The quantitative estimate of drug-likeness (QED) is 0.133. The fraction of sp³-hybridized carbons (Fsp3) is 1.00. The van der Waals surface area contributed by atoms with E-state index in [0.29, 0.717) is 0 Å². The van der Waals surface area contributed by atoms with Gasteiger partial charge in [-0.05, 0) is 12.8 Å². The predicted molar refractivity (Wildman–Crippen MR) is 106 cm³/mol. The zero-order valence-electron chi connectivity index (χ0n) is 15.6. The average molecular weight is 346 g/mol. The minimum Gasteiger partial charge on any atom is -0.0654 e. The molecule has 0 bridgehead atoms. The van der Waals surface area contributed by atoms with Gasteiger partial charge in [-0.15, -0.1) is 0 Å². The number of halogens is 1. The van der Waals surface area contributed by atoms with E-state index in [-0.39, 0.29) is 0 Å². The smallest absolute Gasteiger partial charge is 0.0654 e. The van der Waals surface area contributed by atoms with Gasteiger partial charge >= 0.3 is 8.11 Å². The summed E-state index contributed by atoms with van der Waals surface area (Å²) in [7, 11) is -0.519. The van der Waals surface area contributed by atoms with Crippen molar-refractivity contribution >= 4 is 19.2 Å². The summed E-state index contributed by atoms with van der Waals surface area (Å²) >= 11 is 6.55. The molecule has 0 amide bonds. The van der Waals surface area contributed by atoms with Crippen molar-refractivity contribution in [1.82, 2.24) is 0 Å². The van der Waals surface area contributed by atoms with Crippen LogP contribution in [0.15, 0.2) is 0 Å². The Morgan fingerprint density at radius 3 is 1.05 bits per heavy atom. The van der Waals surface area contributed by atoms with Crippen LogP contribution in [0.25, 0.3) is 0 Å². The van der Waals surface area contributed by atoms with Crippen molar-refractivity contribution in [2.24, 2.45) is 0 Å². The second-order valence-corrected chi connectivity index (χ2v) is 10.6. The molecule has 2 heteroatoms. The Bertz CT molecular complexity index is 176. The van der Waals surface area contributed by atoms with Gasteiger partial charge in [0.25, 0.3) is 0 Å². The highest BCUT2D eigenvalue weighted by Crippen LogP contribution is 2.17. The standard InChI is InChI=1S/C20H42ClSi/c1-3-5-7-9-11-13-15-17-19-22(21)20-18-16-14-12-10-8-6-4-2/h3-20H2,1-2H3/q+1. The molecule has 0 unspecified atom stereocenters. The lowest BCUT2D eigenvalue weighted by atomic mass is 10.1. The Balaban J connectivity index is 3.11. The topological polar surface area (TPSA) is 0 Å². The molecule has 0 aromatic rings. The molecule has 0 saturated carbocycles. The molecule has 22 heavy (non-hydrogen) atoms. The summed E-state index contributed by atoms with van der Waals surface area (Å²) in [6.45, 7) is 4.58. The summed E-state index contributed by atoms with van der Waals surface area (Å²) in [5, 5.41) is 0. The van der Waals surface area contributed by atoms with E-state index in [1.807, 2.05) is 0 Å².